The molecule has 0 bridgehead atoms. The summed E-state index contributed by atoms with van der Waals surface area (Å²) < 4.78 is 10.6. The number of rotatable bonds is 2. The van der Waals surface area contributed by atoms with Gasteiger partial charge in [0.05, 0.1) is 13.2 Å². The van der Waals surface area contributed by atoms with E-state index in [1.165, 1.54) is 6.92 Å². The van der Waals surface area contributed by atoms with Gasteiger partial charge in [0, 0.05) is 0 Å². The fourth-order valence-corrected chi connectivity index (χ4v) is 1.10. The van der Waals surface area contributed by atoms with Gasteiger partial charge >= 0.3 is 0 Å². The van der Waals surface area contributed by atoms with Crippen LogP contribution < -0.4 is 0 Å². The molecule has 0 radical (unpaired) electrons. The van der Waals surface area contributed by atoms with Crippen molar-refractivity contribution in [2.75, 3.05) is 13.2 Å². The maximum Gasteiger partial charge on any atom is 0.163 e. The van der Waals surface area contributed by atoms with Crippen LogP contribution >= 0.6 is 0 Å². The predicted molar refractivity (Wildman–Crippen MR) is 42.6 cm³/mol. The molecular weight excluding hydrogens is 160 g/mol. The minimum Gasteiger partial charge on any atom is -0.393 e. The molecule has 1 rings (SSSR count). The first-order chi connectivity index (χ1) is 5.37. The molecule has 0 aromatic carbocycles. The van der Waals surface area contributed by atoms with Crippen LogP contribution in [0.1, 0.15) is 20.8 Å². The van der Waals surface area contributed by atoms with Gasteiger partial charge < -0.3 is 19.7 Å². The van der Waals surface area contributed by atoms with Crippen LogP contribution in [-0.2, 0) is 9.47 Å². The number of aliphatic hydroxyl groups excluding tert-OH is 1. The van der Waals surface area contributed by atoms with E-state index < -0.39 is 17.5 Å². The summed E-state index contributed by atoms with van der Waals surface area (Å²) in [5, 5.41) is 18.4. The molecule has 0 amide bonds. The Bertz CT molecular complexity index is 164. The van der Waals surface area contributed by atoms with E-state index >= 15 is 0 Å². The van der Waals surface area contributed by atoms with Crippen LogP contribution in [0, 0.1) is 0 Å². The highest BCUT2D eigenvalue weighted by atomic mass is 16.7. The molecule has 72 valence electrons. The summed E-state index contributed by atoms with van der Waals surface area (Å²) in [6.07, 6.45) is -0.447. The molecule has 0 spiro atoms. The van der Waals surface area contributed by atoms with Gasteiger partial charge in [-0.15, -0.1) is 0 Å². The number of hydrogen-bond donors (Lipinski definition) is 2. The van der Waals surface area contributed by atoms with Crippen molar-refractivity contribution in [1.82, 2.24) is 0 Å². The van der Waals surface area contributed by atoms with Crippen molar-refractivity contribution in [2.45, 2.75) is 38.3 Å². The lowest BCUT2D eigenvalue weighted by Gasteiger charge is -2.27. The zero-order chi connectivity index (χ0) is 9.41. The Hall–Kier alpha value is -0.160. The van der Waals surface area contributed by atoms with Crippen molar-refractivity contribution >= 4 is 0 Å². The molecule has 1 heterocycles. The second-order valence-electron chi connectivity index (χ2n) is 3.83. The monoisotopic (exact) mass is 176 g/mol. The summed E-state index contributed by atoms with van der Waals surface area (Å²) in [6, 6.07) is 0. The van der Waals surface area contributed by atoms with Crippen LogP contribution in [0.15, 0.2) is 0 Å². The summed E-state index contributed by atoms with van der Waals surface area (Å²) in [4.78, 5) is 0. The molecule has 1 saturated heterocycles. The third kappa shape index (κ3) is 1.95. The van der Waals surface area contributed by atoms with Crippen molar-refractivity contribution in [1.29, 1.82) is 0 Å². The molecular formula is C8H16O4. The number of hydrogen-bond acceptors (Lipinski definition) is 4. The summed E-state index contributed by atoms with van der Waals surface area (Å²) in [7, 11) is 0. The van der Waals surface area contributed by atoms with Gasteiger partial charge in [-0.1, -0.05) is 0 Å². The normalized spacial score (nSPS) is 33.2. The molecule has 1 aliphatic rings. The van der Waals surface area contributed by atoms with Crippen molar-refractivity contribution in [3.8, 4) is 0 Å². The van der Waals surface area contributed by atoms with E-state index in [4.69, 9.17) is 14.6 Å². The van der Waals surface area contributed by atoms with E-state index in [9.17, 15) is 5.11 Å². The van der Waals surface area contributed by atoms with Gasteiger partial charge in [-0.3, -0.25) is 0 Å². The Balaban J connectivity index is 2.58. The largest absolute Gasteiger partial charge is 0.393 e. The second kappa shape index (κ2) is 2.96. The van der Waals surface area contributed by atoms with Gasteiger partial charge in [0.15, 0.2) is 5.79 Å². The van der Waals surface area contributed by atoms with E-state index in [0.29, 0.717) is 6.61 Å². The van der Waals surface area contributed by atoms with Crippen molar-refractivity contribution in [3.05, 3.63) is 0 Å². The maximum atomic E-state index is 9.60. The van der Waals surface area contributed by atoms with Gasteiger partial charge in [0.1, 0.15) is 11.7 Å². The first-order valence-corrected chi connectivity index (χ1v) is 4.02. The number of aliphatic hydroxyl groups is 2. The molecule has 2 N–H and O–H groups in total. The summed E-state index contributed by atoms with van der Waals surface area (Å²) in [6.45, 7) is 5.08. The third-order valence-corrected chi connectivity index (χ3v) is 2.02. The standard InChI is InChI=1S/C8H16O4/c1-7(2)11-4-6(12-7)8(3,10)5-9/h6,9-10H,4-5H2,1-3H3/t6-,8+/m1/s1. The average Bonchev–Trinajstić information content (AvgIpc) is 2.31. The fraction of sp³-hybridized carbons (Fsp3) is 1.00. The molecule has 0 unspecified atom stereocenters. The van der Waals surface area contributed by atoms with E-state index in [2.05, 4.69) is 0 Å². The Morgan fingerprint density at radius 1 is 1.58 bits per heavy atom. The molecule has 2 atom stereocenters. The van der Waals surface area contributed by atoms with E-state index in [1.54, 1.807) is 13.8 Å². The van der Waals surface area contributed by atoms with Gasteiger partial charge in [0.25, 0.3) is 0 Å². The van der Waals surface area contributed by atoms with Gasteiger partial charge in [-0.25, -0.2) is 0 Å². The Morgan fingerprint density at radius 3 is 2.50 bits per heavy atom. The molecule has 0 aromatic heterocycles. The third-order valence-electron chi connectivity index (χ3n) is 2.02. The van der Waals surface area contributed by atoms with Crippen molar-refractivity contribution in [3.63, 3.8) is 0 Å². The quantitative estimate of drug-likeness (QED) is 0.616. The number of ether oxygens (including phenoxy) is 2. The highest BCUT2D eigenvalue weighted by Gasteiger charge is 2.42. The van der Waals surface area contributed by atoms with Crippen LogP contribution in [0.3, 0.4) is 0 Å². The minimum absolute atomic E-state index is 0.320. The van der Waals surface area contributed by atoms with Crippen molar-refractivity contribution in [2.24, 2.45) is 0 Å². The summed E-state index contributed by atoms with van der Waals surface area (Å²) >= 11 is 0. The molecule has 0 saturated carbocycles. The van der Waals surface area contributed by atoms with Crippen molar-refractivity contribution < 1.29 is 19.7 Å². The lowest BCUT2D eigenvalue weighted by molar-refractivity contribution is -0.173. The SMILES string of the molecule is CC1(C)OC[C@H]([C@@](C)(O)CO)O1. The molecule has 4 nitrogen and oxygen atoms in total. The zero-order valence-electron chi connectivity index (χ0n) is 7.70. The Kier molecular flexibility index (Phi) is 2.45. The van der Waals surface area contributed by atoms with Crippen LogP contribution in [-0.4, -0.2) is 40.9 Å². The topological polar surface area (TPSA) is 58.9 Å². The first kappa shape index (κ1) is 9.92. The van der Waals surface area contributed by atoms with Crippen LogP contribution in [0.2, 0.25) is 0 Å². The fourth-order valence-electron chi connectivity index (χ4n) is 1.10. The van der Waals surface area contributed by atoms with E-state index in [0.717, 1.165) is 0 Å². The van der Waals surface area contributed by atoms with Gasteiger partial charge in [-0.2, -0.15) is 0 Å². The smallest absolute Gasteiger partial charge is 0.163 e. The lowest BCUT2D eigenvalue weighted by atomic mass is 10.0. The summed E-state index contributed by atoms with van der Waals surface area (Å²) in [5.41, 5.74) is -1.21. The van der Waals surface area contributed by atoms with Gasteiger partial charge in [0.2, 0.25) is 0 Å². The highest BCUT2D eigenvalue weighted by Crippen LogP contribution is 2.28. The first-order valence-electron chi connectivity index (χ1n) is 4.02. The van der Waals surface area contributed by atoms with E-state index in [-0.39, 0.29) is 6.61 Å². The van der Waals surface area contributed by atoms with Gasteiger partial charge in [-0.05, 0) is 20.8 Å². The van der Waals surface area contributed by atoms with Crippen LogP contribution in [0.5, 0.6) is 0 Å². The zero-order valence-corrected chi connectivity index (χ0v) is 7.70. The predicted octanol–water partition coefficient (Wildman–Crippen LogP) is -0.119. The molecule has 1 aliphatic heterocycles. The second-order valence-corrected chi connectivity index (χ2v) is 3.83. The molecule has 4 heteroatoms. The Labute approximate surface area is 72.1 Å². The maximum absolute atomic E-state index is 9.60. The highest BCUT2D eigenvalue weighted by molar-refractivity contribution is 4.87. The average molecular weight is 176 g/mol. The molecule has 12 heavy (non-hydrogen) atoms. The molecule has 0 aromatic rings. The lowest BCUT2D eigenvalue weighted by Crippen LogP contribution is -2.45. The van der Waals surface area contributed by atoms with Crippen LogP contribution in [0.25, 0.3) is 0 Å². The van der Waals surface area contributed by atoms with Crippen LogP contribution in [0.4, 0.5) is 0 Å². The molecule has 1 fully saturated rings. The summed E-state index contributed by atoms with van der Waals surface area (Å²) in [5.74, 6) is -0.649. The molecule has 0 aliphatic carbocycles. The Morgan fingerprint density at radius 2 is 2.17 bits per heavy atom. The minimum atomic E-state index is -1.21. The van der Waals surface area contributed by atoms with E-state index in [1.807, 2.05) is 0 Å².